The summed E-state index contributed by atoms with van der Waals surface area (Å²) in [6, 6.07) is 2.61. The number of esters is 1. The average molecular weight is 437 g/mol. The van der Waals surface area contributed by atoms with Crippen molar-refractivity contribution < 1.29 is 23.0 Å². The first kappa shape index (κ1) is 24.0. The largest absolute Gasteiger partial charge is 0.490 e. The lowest BCUT2D eigenvalue weighted by molar-refractivity contribution is -0.140. The number of ether oxygens (including phenoxy) is 2. The Morgan fingerprint density at radius 3 is 2.06 bits per heavy atom. The quantitative estimate of drug-likeness (QED) is 0.298. The molecule has 5 heteroatoms. The standard InChI is InChI=1S/C26H38F2O3/c1-3-5-6-18-7-9-19(10-8-18)20-11-13-21(14-12-20)26(29)31-23-16-15-22(30-17-4-2)24(27)25(23)28/h15-16,18-21H,3-14,17H2,1-2H3/t18-,19-,20-,21-. The number of benzene rings is 1. The van der Waals surface area contributed by atoms with E-state index in [9.17, 15) is 13.6 Å². The summed E-state index contributed by atoms with van der Waals surface area (Å²) < 4.78 is 38.9. The summed E-state index contributed by atoms with van der Waals surface area (Å²) in [7, 11) is 0. The van der Waals surface area contributed by atoms with Crippen LogP contribution in [0.15, 0.2) is 12.1 Å². The highest BCUT2D eigenvalue weighted by molar-refractivity contribution is 5.75. The number of carbonyl (C=O) groups excluding carboxylic acids is 1. The molecule has 1 aromatic carbocycles. The third-order valence-corrected chi connectivity index (χ3v) is 7.31. The monoisotopic (exact) mass is 436 g/mol. The lowest BCUT2D eigenvalue weighted by atomic mass is 9.68. The number of hydrogen-bond donors (Lipinski definition) is 0. The van der Waals surface area contributed by atoms with Gasteiger partial charge in [-0.25, -0.2) is 0 Å². The van der Waals surface area contributed by atoms with Crippen molar-refractivity contribution in [2.75, 3.05) is 6.61 Å². The topological polar surface area (TPSA) is 35.5 Å². The van der Waals surface area contributed by atoms with E-state index in [2.05, 4.69) is 6.92 Å². The number of unbranched alkanes of at least 4 members (excludes halogenated alkanes) is 1. The van der Waals surface area contributed by atoms with Crippen molar-refractivity contribution in [2.24, 2.45) is 23.7 Å². The zero-order valence-corrected chi connectivity index (χ0v) is 19.1. The fourth-order valence-corrected chi connectivity index (χ4v) is 5.38. The molecular weight excluding hydrogens is 398 g/mol. The predicted octanol–water partition coefficient (Wildman–Crippen LogP) is 7.46. The van der Waals surface area contributed by atoms with Gasteiger partial charge in [-0.3, -0.25) is 4.79 Å². The Morgan fingerprint density at radius 2 is 1.45 bits per heavy atom. The minimum atomic E-state index is -1.16. The molecule has 0 spiro atoms. The molecule has 174 valence electrons. The van der Waals surface area contributed by atoms with Gasteiger partial charge in [-0.2, -0.15) is 8.78 Å². The lowest BCUT2D eigenvalue weighted by Crippen LogP contribution is -2.30. The first-order chi connectivity index (χ1) is 15.0. The van der Waals surface area contributed by atoms with Crippen molar-refractivity contribution in [1.82, 2.24) is 0 Å². The Labute approximate surface area is 185 Å². The number of halogens is 2. The van der Waals surface area contributed by atoms with E-state index in [0.29, 0.717) is 18.9 Å². The van der Waals surface area contributed by atoms with Crippen molar-refractivity contribution in [3.63, 3.8) is 0 Å². The lowest BCUT2D eigenvalue weighted by Gasteiger charge is -2.37. The van der Waals surface area contributed by atoms with Crippen LogP contribution in [0.4, 0.5) is 8.78 Å². The molecule has 0 radical (unpaired) electrons. The smallest absolute Gasteiger partial charge is 0.314 e. The van der Waals surface area contributed by atoms with E-state index >= 15 is 0 Å². The molecule has 3 nitrogen and oxygen atoms in total. The van der Waals surface area contributed by atoms with Crippen molar-refractivity contribution >= 4 is 5.97 Å². The van der Waals surface area contributed by atoms with Crippen LogP contribution in [-0.2, 0) is 4.79 Å². The highest BCUT2D eigenvalue weighted by atomic mass is 19.2. The summed E-state index contributed by atoms with van der Waals surface area (Å²) in [6.07, 6.45) is 13.7. The van der Waals surface area contributed by atoms with Crippen molar-refractivity contribution in [2.45, 2.75) is 90.9 Å². The van der Waals surface area contributed by atoms with Gasteiger partial charge in [0.2, 0.25) is 11.6 Å². The molecule has 0 aromatic heterocycles. The van der Waals surface area contributed by atoms with Gasteiger partial charge in [-0.15, -0.1) is 0 Å². The van der Waals surface area contributed by atoms with Crippen LogP contribution in [0, 0.1) is 35.3 Å². The maximum Gasteiger partial charge on any atom is 0.314 e. The Balaban J connectivity index is 1.46. The Bertz CT molecular complexity index is 705. The molecule has 0 heterocycles. The summed E-state index contributed by atoms with van der Waals surface area (Å²) in [5.74, 6) is -1.03. The van der Waals surface area contributed by atoms with Gasteiger partial charge in [0.05, 0.1) is 12.5 Å². The van der Waals surface area contributed by atoms with Crippen LogP contribution in [0.5, 0.6) is 11.5 Å². The zero-order valence-electron chi connectivity index (χ0n) is 19.1. The van der Waals surface area contributed by atoms with E-state index in [-0.39, 0.29) is 17.4 Å². The second-order valence-corrected chi connectivity index (χ2v) is 9.49. The molecule has 3 rings (SSSR count). The average Bonchev–Trinajstić information content (AvgIpc) is 2.80. The first-order valence-corrected chi connectivity index (χ1v) is 12.4. The number of carbonyl (C=O) groups is 1. The molecule has 0 bridgehead atoms. The van der Waals surface area contributed by atoms with Gasteiger partial charge in [0.1, 0.15) is 0 Å². The molecule has 0 unspecified atom stereocenters. The van der Waals surface area contributed by atoms with E-state index < -0.39 is 17.6 Å². The normalized spacial score (nSPS) is 26.5. The van der Waals surface area contributed by atoms with E-state index in [4.69, 9.17) is 9.47 Å². The van der Waals surface area contributed by atoms with E-state index in [1.807, 2.05) is 6.92 Å². The van der Waals surface area contributed by atoms with Gasteiger partial charge in [-0.1, -0.05) is 46.0 Å². The molecule has 0 atom stereocenters. The maximum atomic E-state index is 14.3. The maximum absolute atomic E-state index is 14.3. The second-order valence-electron chi connectivity index (χ2n) is 9.49. The van der Waals surface area contributed by atoms with Gasteiger partial charge in [0, 0.05) is 0 Å². The fraction of sp³-hybridized carbons (Fsp3) is 0.731. The predicted molar refractivity (Wildman–Crippen MR) is 118 cm³/mol. The van der Waals surface area contributed by atoms with Crippen molar-refractivity contribution in [1.29, 1.82) is 0 Å². The minimum Gasteiger partial charge on any atom is -0.490 e. The summed E-state index contributed by atoms with van der Waals surface area (Å²) in [5, 5.41) is 0. The van der Waals surface area contributed by atoms with Crippen LogP contribution >= 0.6 is 0 Å². The SMILES string of the molecule is CCCC[C@H]1CC[C@H]([C@H]2CC[C@H](C(=O)Oc3ccc(OCCC)c(F)c3F)CC2)CC1. The highest BCUT2D eigenvalue weighted by Gasteiger charge is 2.34. The number of rotatable bonds is 9. The molecule has 0 aliphatic heterocycles. The van der Waals surface area contributed by atoms with Crippen LogP contribution in [0.1, 0.15) is 90.9 Å². The van der Waals surface area contributed by atoms with Gasteiger partial charge in [0.15, 0.2) is 11.5 Å². The van der Waals surface area contributed by atoms with E-state index in [1.54, 1.807) is 0 Å². The molecule has 0 amide bonds. The van der Waals surface area contributed by atoms with E-state index in [0.717, 1.165) is 37.5 Å². The van der Waals surface area contributed by atoms with Crippen LogP contribution in [0.25, 0.3) is 0 Å². The summed E-state index contributed by atoms with van der Waals surface area (Å²) >= 11 is 0. The molecule has 2 aliphatic rings. The minimum absolute atomic E-state index is 0.149. The molecule has 2 saturated carbocycles. The molecule has 0 N–H and O–H groups in total. The van der Waals surface area contributed by atoms with Gasteiger partial charge >= 0.3 is 5.97 Å². The van der Waals surface area contributed by atoms with E-state index in [1.165, 1.54) is 57.1 Å². The Kier molecular flexibility index (Phi) is 9.15. The summed E-state index contributed by atoms with van der Waals surface area (Å²) in [6.45, 7) is 4.45. The van der Waals surface area contributed by atoms with Crippen molar-refractivity contribution in [3.05, 3.63) is 23.8 Å². The van der Waals surface area contributed by atoms with Crippen molar-refractivity contribution in [3.8, 4) is 11.5 Å². The molecule has 2 aliphatic carbocycles. The van der Waals surface area contributed by atoms with Gasteiger partial charge in [-0.05, 0) is 74.8 Å². The van der Waals surface area contributed by atoms with Crippen LogP contribution in [0.3, 0.4) is 0 Å². The Hall–Kier alpha value is -1.65. The summed E-state index contributed by atoms with van der Waals surface area (Å²) in [5.41, 5.74) is 0. The van der Waals surface area contributed by atoms with Crippen LogP contribution < -0.4 is 9.47 Å². The number of hydrogen-bond acceptors (Lipinski definition) is 3. The molecular formula is C26H38F2O3. The summed E-state index contributed by atoms with van der Waals surface area (Å²) in [4.78, 5) is 12.6. The highest BCUT2D eigenvalue weighted by Crippen LogP contribution is 2.42. The first-order valence-electron chi connectivity index (χ1n) is 12.4. The molecule has 2 fully saturated rings. The molecule has 31 heavy (non-hydrogen) atoms. The van der Waals surface area contributed by atoms with Gasteiger partial charge < -0.3 is 9.47 Å². The van der Waals surface area contributed by atoms with Gasteiger partial charge in [0.25, 0.3) is 0 Å². The zero-order chi connectivity index (χ0) is 22.2. The molecule has 0 saturated heterocycles. The third kappa shape index (κ3) is 6.43. The Morgan fingerprint density at radius 1 is 0.871 bits per heavy atom. The van der Waals surface area contributed by atoms with Crippen LogP contribution in [-0.4, -0.2) is 12.6 Å². The third-order valence-electron chi connectivity index (χ3n) is 7.31. The van der Waals surface area contributed by atoms with Crippen LogP contribution in [0.2, 0.25) is 0 Å². The molecule has 1 aromatic rings. The second kappa shape index (κ2) is 11.8. The fourth-order valence-electron chi connectivity index (χ4n) is 5.38.